The van der Waals surface area contributed by atoms with Crippen LogP contribution in [0.2, 0.25) is 0 Å². The Bertz CT molecular complexity index is 4090. The summed E-state index contributed by atoms with van der Waals surface area (Å²) in [6, 6.07) is 59.4. The normalized spacial score (nSPS) is 13.3. The fraction of sp³-hybridized carbons (Fsp3) is 0.246. The molecule has 340 valence electrons. The largest absolute Gasteiger partial charge is 0.0622 e. The summed E-state index contributed by atoms with van der Waals surface area (Å²) in [6.45, 7) is 30.7. The maximum Gasteiger partial charge on any atom is -0.00110 e. The molecule has 0 unspecified atom stereocenters. The standard InChI is InChI=1S/C69H64/c1-39-47-23-17-18-24-48(47)62(40-21-15-14-16-22-40)65-54-30-28-52-56-38-58-57(37-55(56)51-27-29-53(59(39)65)64(54)63(51)52)60(41-31-43(66(2,3)4)35-44(32-41)67(5,6)7)49-25-19-20-26-50(49)61(58)42-33-45(68(8,9)10)36-46(34-42)69(11,12)13/h14-38H,1-13H3. The van der Waals surface area contributed by atoms with Gasteiger partial charge in [0.2, 0.25) is 0 Å². The van der Waals surface area contributed by atoms with Crippen molar-refractivity contribution in [3.63, 3.8) is 0 Å². The molecular weight excluding hydrogens is 829 g/mol. The fourth-order valence-electron chi connectivity index (χ4n) is 12.0. The van der Waals surface area contributed by atoms with Gasteiger partial charge in [-0.3, -0.25) is 0 Å². The van der Waals surface area contributed by atoms with Gasteiger partial charge in [0.05, 0.1) is 0 Å². The minimum atomic E-state index is -0.0271. The first kappa shape index (κ1) is 43.5. The van der Waals surface area contributed by atoms with Gasteiger partial charge in [0.15, 0.2) is 0 Å². The molecule has 0 atom stereocenters. The van der Waals surface area contributed by atoms with Crippen molar-refractivity contribution in [3.8, 4) is 33.4 Å². The second kappa shape index (κ2) is 14.6. The first-order valence-corrected chi connectivity index (χ1v) is 25.3. The average Bonchev–Trinajstić information content (AvgIpc) is 3.81. The van der Waals surface area contributed by atoms with E-state index in [9.17, 15) is 0 Å². The lowest BCUT2D eigenvalue weighted by atomic mass is 9.76. The summed E-state index contributed by atoms with van der Waals surface area (Å²) >= 11 is 0. The molecule has 0 fully saturated rings. The molecule has 10 aromatic rings. The summed E-state index contributed by atoms with van der Waals surface area (Å²) in [6.07, 6.45) is 0. The number of hydrogen-bond donors (Lipinski definition) is 0. The summed E-state index contributed by atoms with van der Waals surface area (Å²) in [4.78, 5) is 0. The van der Waals surface area contributed by atoms with Crippen LogP contribution in [0.4, 0.5) is 0 Å². The summed E-state index contributed by atoms with van der Waals surface area (Å²) < 4.78 is 0. The lowest BCUT2D eigenvalue weighted by molar-refractivity contribution is 0.568. The highest BCUT2D eigenvalue weighted by Gasteiger charge is 2.27. The smallest absolute Gasteiger partial charge is 0.00110 e. The first-order chi connectivity index (χ1) is 32.7. The van der Waals surface area contributed by atoms with Crippen LogP contribution in [0.3, 0.4) is 0 Å². The van der Waals surface area contributed by atoms with Gasteiger partial charge < -0.3 is 0 Å². The van der Waals surface area contributed by atoms with Crippen LogP contribution in [0.15, 0.2) is 152 Å². The van der Waals surface area contributed by atoms with Crippen LogP contribution in [-0.2, 0) is 21.7 Å². The van der Waals surface area contributed by atoms with E-state index in [1.165, 1.54) is 146 Å². The lowest BCUT2D eigenvalue weighted by Gasteiger charge is -2.28. The first-order valence-electron chi connectivity index (χ1n) is 25.3. The molecule has 0 amide bonds. The van der Waals surface area contributed by atoms with Crippen LogP contribution >= 0.6 is 0 Å². The van der Waals surface area contributed by atoms with Gasteiger partial charge in [-0.15, -0.1) is 0 Å². The van der Waals surface area contributed by atoms with Crippen molar-refractivity contribution >= 4 is 43.1 Å². The van der Waals surface area contributed by atoms with Crippen LogP contribution < -0.4 is 0 Å². The molecule has 2 aliphatic rings. The second-order valence-electron chi connectivity index (χ2n) is 24.6. The van der Waals surface area contributed by atoms with E-state index in [-0.39, 0.29) is 21.7 Å². The zero-order chi connectivity index (χ0) is 48.3. The molecule has 0 spiro atoms. The van der Waals surface area contributed by atoms with Gasteiger partial charge in [-0.25, -0.2) is 0 Å². The minimum absolute atomic E-state index is 0.0271. The highest BCUT2D eigenvalue weighted by molar-refractivity contribution is 6.21. The Morgan fingerprint density at radius 1 is 0.261 bits per heavy atom. The Hall–Kier alpha value is -6.76. The van der Waals surface area contributed by atoms with Gasteiger partial charge in [-0.05, 0) is 187 Å². The third kappa shape index (κ3) is 6.54. The summed E-state index contributed by atoms with van der Waals surface area (Å²) in [7, 11) is 0. The molecule has 0 aromatic heterocycles. The quantitative estimate of drug-likeness (QED) is 0.155. The molecule has 2 aliphatic carbocycles. The van der Waals surface area contributed by atoms with Crippen LogP contribution in [0.25, 0.3) is 76.5 Å². The molecule has 69 heavy (non-hydrogen) atoms. The Morgan fingerprint density at radius 2 is 0.609 bits per heavy atom. The molecule has 0 aliphatic heterocycles. The third-order valence-corrected chi connectivity index (χ3v) is 15.9. The number of aryl methyl sites for hydroxylation is 1. The molecule has 0 saturated heterocycles. The van der Waals surface area contributed by atoms with Gasteiger partial charge in [0.1, 0.15) is 0 Å². The number of rotatable bonds is 3. The number of hydrogen-bond acceptors (Lipinski definition) is 0. The van der Waals surface area contributed by atoms with E-state index in [4.69, 9.17) is 0 Å². The van der Waals surface area contributed by atoms with Gasteiger partial charge in [0, 0.05) is 0 Å². The zero-order valence-corrected chi connectivity index (χ0v) is 42.9. The topological polar surface area (TPSA) is 0 Å². The Morgan fingerprint density at radius 3 is 1.03 bits per heavy atom. The van der Waals surface area contributed by atoms with Crippen LogP contribution in [0.5, 0.6) is 0 Å². The third-order valence-electron chi connectivity index (χ3n) is 15.9. The Balaban J connectivity index is 1.32. The lowest BCUT2D eigenvalue weighted by Crippen LogP contribution is -2.16. The monoisotopic (exact) mass is 893 g/mol. The van der Waals surface area contributed by atoms with E-state index in [2.05, 4.69) is 242 Å². The number of benzene rings is 10. The van der Waals surface area contributed by atoms with Crippen LogP contribution in [0, 0.1) is 48.7 Å². The average molecular weight is 893 g/mol. The van der Waals surface area contributed by atoms with E-state index in [1.807, 2.05) is 0 Å². The van der Waals surface area contributed by atoms with Crippen molar-refractivity contribution < 1.29 is 0 Å². The van der Waals surface area contributed by atoms with Crippen molar-refractivity contribution in [2.75, 3.05) is 0 Å². The van der Waals surface area contributed by atoms with E-state index >= 15 is 0 Å². The Labute approximate surface area is 407 Å². The predicted molar refractivity (Wildman–Crippen MR) is 296 cm³/mol. The molecule has 10 aromatic carbocycles. The molecule has 0 saturated carbocycles. The molecule has 0 nitrogen and oxygen atoms in total. The maximum absolute atomic E-state index is 2.60. The SMILES string of the molecule is Cc1c2c(c(-c3ccccc3)c3ccccc13)=c1ccc3c4c(ccc=2c14)=c1cc2c(-c4cc(C(C)(C)C)cc(C(C)(C)C)c4)c4ccccc4c(-c4cc(C(C)(C)C)cc(C(C)(C)C)c4)c2cc1=3. The van der Waals surface area contributed by atoms with Crippen LogP contribution in [-0.4, -0.2) is 0 Å². The summed E-state index contributed by atoms with van der Waals surface area (Å²) in [5.74, 6) is 0. The highest BCUT2D eigenvalue weighted by Crippen LogP contribution is 2.48. The van der Waals surface area contributed by atoms with E-state index in [1.54, 1.807) is 0 Å². The van der Waals surface area contributed by atoms with Crippen molar-refractivity contribution in [2.24, 2.45) is 0 Å². The zero-order valence-electron chi connectivity index (χ0n) is 42.9. The summed E-state index contributed by atoms with van der Waals surface area (Å²) in [5, 5.41) is 21.4. The predicted octanol–water partition coefficient (Wildman–Crippen LogP) is 18.6. The van der Waals surface area contributed by atoms with Crippen molar-refractivity contribution in [3.05, 3.63) is 221 Å². The van der Waals surface area contributed by atoms with Gasteiger partial charge in [-0.2, -0.15) is 0 Å². The second-order valence-corrected chi connectivity index (χ2v) is 24.6. The molecular formula is C69H64. The minimum Gasteiger partial charge on any atom is -0.0622 e. The maximum atomic E-state index is 2.60. The molecule has 0 heterocycles. The molecule has 0 radical (unpaired) electrons. The van der Waals surface area contributed by atoms with Crippen LogP contribution in [0.1, 0.15) is 111 Å². The fourth-order valence-corrected chi connectivity index (χ4v) is 12.0. The van der Waals surface area contributed by atoms with E-state index < -0.39 is 0 Å². The molecule has 0 heteroatoms. The number of fused-ring (bicyclic) bond motifs is 5. The van der Waals surface area contributed by atoms with Gasteiger partial charge >= 0.3 is 0 Å². The van der Waals surface area contributed by atoms with Crippen molar-refractivity contribution in [1.82, 2.24) is 0 Å². The van der Waals surface area contributed by atoms with E-state index in [0.29, 0.717) is 0 Å². The molecule has 0 N–H and O–H groups in total. The van der Waals surface area contributed by atoms with Gasteiger partial charge in [0.25, 0.3) is 0 Å². The van der Waals surface area contributed by atoms with Crippen molar-refractivity contribution in [2.45, 2.75) is 112 Å². The van der Waals surface area contributed by atoms with Crippen molar-refractivity contribution in [1.29, 1.82) is 0 Å². The van der Waals surface area contributed by atoms with E-state index in [0.717, 1.165) is 0 Å². The molecule has 0 bridgehead atoms. The highest BCUT2D eigenvalue weighted by atomic mass is 14.3. The van der Waals surface area contributed by atoms with Gasteiger partial charge in [-0.1, -0.05) is 223 Å². The summed E-state index contributed by atoms with van der Waals surface area (Å²) in [5.41, 5.74) is 14.6. The molecule has 12 rings (SSSR count). The Kier molecular flexibility index (Phi) is 9.23.